The van der Waals surface area contributed by atoms with Crippen LogP contribution >= 0.6 is 15.9 Å². The van der Waals surface area contributed by atoms with Gasteiger partial charge in [-0.15, -0.1) is 0 Å². The number of hydrogen-bond acceptors (Lipinski definition) is 1. The van der Waals surface area contributed by atoms with Crippen LogP contribution in [0.3, 0.4) is 0 Å². The Hall–Kier alpha value is -1.59. The third-order valence-corrected chi connectivity index (χ3v) is 5.37. The van der Waals surface area contributed by atoms with E-state index in [0.717, 1.165) is 22.9 Å². The van der Waals surface area contributed by atoms with Crippen LogP contribution in [0, 0.1) is 17.2 Å². The average molecular weight is 384 g/mol. The number of nitrogens with zero attached hydrogens (tertiary/aromatic N) is 1. The van der Waals surface area contributed by atoms with E-state index in [1.807, 2.05) is 6.07 Å². The zero-order chi connectivity index (χ0) is 17.4. The SMILES string of the molecule is CC[C@H](c1ccc(Br)cc1C#N)C(C)CCCCc1ccccc1. The molecule has 2 aromatic rings. The maximum atomic E-state index is 9.44. The number of hydrogen-bond donors (Lipinski definition) is 0. The molecule has 0 bridgehead atoms. The van der Waals surface area contributed by atoms with Crippen LogP contribution in [0.2, 0.25) is 0 Å². The lowest BCUT2D eigenvalue weighted by Crippen LogP contribution is -2.11. The van der Waals surface area contributed by atoms with Crippen LogP contribution < -0.4 is 0 Å². The molecule has 0 aromatic heterocycles. The van der Waals surface area contributed by atoms with Gasteiger partial charge in [0.15, 0.2) is 0 Å². The van der Waals surface area contributed by atoms with Gasteiger partial charge in [-0.2, -0.15) is 5.26 Å². The molecule has 1 unspecified atom stereocenters. The number of benzene rings is 2. The van der Waals surface area contributed by atoms with Gasteiger partial charge in [0, 0.05) is 4.47 Å². The smallest absolute Gasteiger partial charge is 0.0995 e. The fourth-order valence-electron chi connectivity index (χ4n) is 3.52. The van der Waals surface area contributed by atoms with E-state index in [1.165, 1.54) is 30.4 Å². The van der Waals surface area contributed by atoms with Crippen molar-refractivity contribution in [2.75, 3.05) is 0 Å². The molecule has 0 heterocycles. The third kappa shape index (κ3) is 5.21. The summed E-state index contributed by atoms with van der Waals surface area (Å²) in [6.07, 6.45) is 5.93. The van der Waals surface area contributed by atoms with E-state index in [2.05, 4.69) is 78.3 Å². The highest BCUT2D eigenvalue weighted by atomic mass is 79.9. The van der Waals surface area contributed by atoms with Crippen LogP contribution in [0.5, 0.6) is 0 Å². The van der Waals surface area contributed by atoms with Crippen molar-refractivity contribution >= 4 is 15.9 Å². The molecule has 0 spiro atoms. The molecule has 0 amide bonds. The fraction of sp³-hybridized carbons (Fsp3) is 0.409. The van der Waals surface area contributed by atoms with Crippen LogP contribution in [0.4, 0.5) is 0 Å². The molecule has 2 atom stereocenters. The molecule has 0 radical (unpaired) electrons. The number of halogens is 1. The second-order valence-corrected chi connectivity index (χ2v) is 7.48. The molecule has 0 saturated heterocycles. The van der Waals surface area contributed by atoms with Crippen molar-refractivity contribution in [3.63, 3.8) is 0 Å². The number of unbranched alkanes of at least 4 members (excludes halogenated alkanes) is 1. The number of aryl methyl sites for hydroxylation is 1. The lowest BCUT2D eigenvalue weighted by molar-refractivity contribution is 0.402. The van der Waals surface area contributed by atoms with Crippen LogP contribution in [0.25, 0.3) is 0 Å². The predicted molar refractivity (Wildman–Crippen MR) is 105 cm³/mol. The quantitative estimate of drug-likeness (QED) is 0.456. The summed E-state index contributed by atoms with van der Waals surface area (Å²) in [5.74, 6) is 1.06. The van der Waals surface area contributed by atoms with Crippen molar-refractivity contribution in [1.29, 1.82) is 5.26 Å². The van der Waals surface area contributed by atoms with Gasteiger partial charge in [-0.3, -0.25) is 0 Å². The maximum absolute atomic E-state index is 9.44. The largest absolute Gasteiger partial charge is 0.192 e. The Labute approximate surface area is 154 Å². The zero-order valence-electron chi connectivity index (χ0n) is 14.6. The van der Waals surface area contributed by atoms with Gasteiger partial charge >= 0.3 is 0 Å². The first-order valence-electron chi connectivity index (χ1n) is 8.89. The fourth-order valence-corrected chi connectivity index (χ4v) is 3.88. The highest BCUT2D eigenvalue weighted by Crippen LogP contribution is 2.34. The van der Waals surface area contributed by atoms with Crippen LogP contribution in [0.1, 0.15) is 62.1 Å². The summed E-state index contributed by atoms with van der Waals surface area (Å²) in [6.45, 7) is 4.56. The molecule has 2 rings (SSSR count). The Bertz CT molecular complexity index is 672. The van der Waals surface area contributed by atoms with E-state index in [0.29, 0.717) is 11.8 Å². The second-order valence-electron chi connectivity index (χ2n) is 6.57. The Balaban J connectivity index is 1.92. The van der Waals surface area contributed by atoms with Crippen LogP contribution in [-0.4, -0.2) is 0 Å². The summed E-state index contributed by atoms with van der Waals surface area (Å²) in [7, 11) is 0. The van der Waals surface area contributed by atoms with Gasteiger partial charge in [-0.05, 0) is 54.4 Å². The summed E-state index contributed by atoms with van der Waals surface area (Å²) in [4.78, 5) is 0. The van der Waals surface area contributed by atoms with Crippen LogP contribution in [-0.2, 0) is 6.42 Å². The summed E-state index contributed by atoms with van der Waals surface area (Å²) in [5, 5.41) is 9.44. The Morgan fingerprint density at radius 1 is 1.08 bits per heavy atom. The minimum absolute atomic E-state index is 0.462. The minimum atomic E-state index is 0.462. The van der Waals surface area contributed by atoms with Gasteiger partial charge in [-0.25, -0.2) is 0 Å². The lowest BCUT2D eigenvalue weighted by Gasteiger charge is -2.24. The maximum Gasteiger partial charge on any atom is 0.0995 e. The molecule has 1 nitrogen and oxygen atoms in total. The molecule has 2 aromatic carbocycles. The summed E-state index contributed by atoms with van der Waals surface area (Å²) < 4.78 is 0.980. The van der Waals surface area contributed by atoms with Crippen molar-refractivity contribution in [2.24, 2.45) is 5.92 Å². The van der Waals surface area contributed by atoms with Crippen molar-refractivity contribution in [3.8, 4) is 6.07 Å². The van der Waals surface area contributed by atoms with Gasteiger partial charge in [0.1, 0.15) is 0 Å². The van der Waals surface area contributed by atoms with Gasteiger partial charge in [0.25, 0.3) is 0 Å². The Morgan fingerprint density at radius 3 is 2.50 bits per heavy atom. The lowest BCUT2D eigenvalue weighted by atomic mass is 9.80. The van der Waals surface area contributed by atoms with Gasteiger partial charge in [-0.1, -0.05) is 79.0 Å². The Kier molecular flexibility index (Phi) is 7.53. The highest BCUT2D eigenvalue weighted by Gasteiger charge is 2.20. The van der Waals surface area contributed by atoms with E-state index in [9.17, 15) is 5.26 Å². The molecule has 0 aliphatic heterocycles. The van der Waals surface area contributed by atoms with Crippen molar-refractivity contribution in [2.45, 2.75) is 51.9 Å². The molecule has 126 valence electrons. The van der Waals surface area contributed by atoms with E-state index in [4.69, 9.17) is 0 Å². The van der Waals surface area contributed by atoms with E-state index >= 15 is 0 Å². The van der Waals surface area contributed by atoms with Gasteiger partial charge < -0.3 is 0 Å². The molecule has 24 heavy (non-hydrogen) atoms. The second kappa shape index (κ2) is 9.64. The van der Waals surface area contributed by atoms with E-state index in [-0.39, 0.29) is 0 Å². The first-order chi connectivity index (χ1) is 11.7. The molecule has 0 saturated carbocycles. The summed E-state index contributed by atoms with van der Waals surface area (Å²) in [6, 6.07) is 19.2. The normalized spacial score (nSPS) is 13.2. The molecule has 0 fully saturated rings. The van der Waals surface area contributed by atoms with E-state index < -0.39 is 0 Å². The summed E-state index contributed by atoms with van der Waals surface area (Å²) >= 11 is 3.47. The van der Waals surface area contributed by atoms with Crippen molar-refractivity contribution < 1.29 is 0 Å². The molecule has 0 aliphatic rings. The zero-order valence-corrected chi connectivity index (χ0v) is 16.2. The Morgan fingerprint density at radius 2 is 1.83 bits per heavy atom. The molecular weight excluding hydrogens is 358 g/mol. The van der Waals surface area contributed by atoms with Crippen LogP contribution in [0.15, 0.2) is 53.0 Å². The topological polar surface area (TPSA) is 23.8 Å². The third-order valence-electron chi connectivity index (χ3n) is 4.88. The predicted octanol–water partition coefficient (Wildman–Crippen LogP) is 6.86. The molecule has 2 heteroatoms. The monoisotopic (exact) mass is 383 g/mol. The standard InChI is InChI=1S/C22H26BrN/c1-3-21(22-14-13-20(23)15-19(22)16-24)17(2)9-7-8-12-18-10-5-4-6-11-18/h4-6,10-11,13-15,17,21H,3,7-9,12H2,1-2H3/t17?,21-/m0/s1. The van der Waals surface area contributed by atoms with Crippen molar-refractivity contribution in [1.82, 2.24) is 0 Å². The molecular formula is C22H26BrN. The highest BCUT2D eigenvalue weighted by molar-refractivity contribution is 9.10. The minimum Gasteiger partial charge on any atom is -0.192 e. The van der Waals surface area contributed by atoms with Gasteiger partial charge in [0.05, 0.1) is 11.6 Å². The number of nitriles is 1. The molecule has 0 aliphatic carbocycles. The first-order valence-corrected chi connectivity index (χ1v) is 9.68. The average Bonchev–Trinajstić information content (AvgIpc) is 2.61. The van der Waals surface area contributed by atoms with Gasteiger partial charge in [0.2, 0.25) is 0 Å². The number of rotatable bonds is 8. The summed E-state index contributed by atoms with van der Waals surface area (Å²) in [5.41, 5.74) is 3.45. The first kappa shape index (κ1) is 18.7. The van der Waals surface area contributed by atoms with Crippen molar-refractivity contribution in [3.05, 3.63) is 69.7 Å². The van der Waals surface area contributed by atoms with E-state index in [1.54, 1.807) is 0 Å². The molecule has 0 N–H and O–H groups in total.